The van der Waals surface area contributed by atoms with Crippen molar-refractivity contribution in [2.24, 2.45) is 15.9 Å². The maximum Gasteiger partial charge on any atom is 0.173 e. The van der Waals surface area contributed by atoms with E-state index in [1.807, 2.05) is 0 Å². The van der Waals surface area contributed by atoms with Gasteiger partial charge in [-0.25, -0.2) is 4.98 Å². The van der Waals surface area contributed by atoms with Crippen LogP contribution in [0.4, 0.5) is 0 Å². The Labute approximate surface area is 91.6 Å². The standard InChI is InChI=1S/C10H9N5O/c11-10(9-6-12-2-3-13-9)15-14-5-8-1-4-16-7-8/h1-7H,(H2,11,15). The summed E-state index contributed by atoms with van der Waals surface area (Å²) in [5, 5.41) is 7.59. The lowest BCUT2D eigenvalue weighted by molar-refractivity contribution is 0.567. The number of hydrogen-bond acceptors (Lipinski definition) is 5. The fourth-order valence-corrected chi connectivity index (χ4v) is 0.989. The summed E-state index contributed by atoms with van der Waals surface area (Å²) in [4.78, 5) is 7.86. The van der Waals surface area contributed by atoms with Crippen molar-refractivity contribution in [1.29, 1.82) is 0 Å². The summed E-state index contributed by atoms with van der Waals surface area (Å²) in [5.74, 6) is 0.216. The second-order valence-electron chi connectivity index (χ2n) is 2.88. The van der Waals surface area contributed by atoms with Crippen LogP contribution in [0.2, 0.25) is 0 Å². The van der Waals surface area contributed by atoms with Gasteiger partial charge >= 0.3 is 0 Å². The Balaban J connectivity index is 2.08. The first-order valence-corrected chi connectivity index (χ1v) is 4.51. The van der Waals surface area contributed by atoms with Crippen molar-refractivity contribution >= 4 is 12.1 Å². The normalized spacial score (nSPS) is 12.1. The molecule has 0 aliphatic carbocycles. The molecule has 16 heavy (non-hydrogen) atoms. The highest BCUT2D eigenvalue weighted by Crippen LogP contribution is 1.96. The summed E-state index contributed by atoms with van der Waals surface area (Å²) in [7, 11) is 0. The fourth-order valence-electron chi connectivity index (χ4n) is 0.989. The number of furan rings is 1. The molecule has 2 rings (SSSR count). The van der Waals surface area contributed by atoms with Gasteiger partial charge in [-0.15, -0.1) is 5.10 Å². The summed E-state index contributed by atoms with van der Waals surface area (Å²) in [5.41, 5.74) is 6.95. The lowest BCUT2D eigenvalue weighted by Gasteiger charge is -1.94. The minimum absolute atomic E-state index is 0.216. The smallest absolute Gasteiger partial charge is 0.173 e. The number of hydrogen-bond donors (Lipinski definition) is 1. The molecule has 0 atom stereocenters. The van der Waals surface area contributed by atoms with Crippen LogP contribution in [0.15, 0.2) is 51.8 Å². The zero-order chi connectivity index (χ0) is 11.2. The Morgan fingerprint density at radius 1 is 1.44 bits per heavy atom. The molecule has 0 fully saturated rings. The van der Waals surface area contributed by atoms with E-state index in [9.17, 15) is 0 Å². The van der Waals surface area contributed by atoms with Gasteiger partial charge in [-0.1, -0.05) is 0 Å². The van der Waals surface area contributed by atoms with Crippen molar-refractivity contribution in [2.45, 2.75) is 0 Å². The van der Waals surface area contributed by atoms with Gasteiger partial charge in [0, 0.05) is 18.0 Å². The van der Waals surface area contributed by atoms with Crippen LogP contribution < -0.4 is 5.73 Å². The zero-order valence-corrected chi connectivity index (χ0v) is 8.32. The third kappa shape index (κ3) is 2.50. The highest BCUT2D eigenvalue weighted by atomic mass is 16.3. The van der Waals surface area contributed by atoms with Crippen molar-refractivity contribution in [3.8, 4) is 0 Å². The first-order chi connectivity index (χ1) is 7.86. The highest BCUT2D eigenvalue weighted by Gasteiger charge is 1.97. The van der Waals surface area contributed by atoms with Gasteiger partial charge in [-0.3, -0.25) is 4.98 Å². The molecular formula is C10H9N5O. The molecule has 0 aromatic carbocycles. The minimum atomic E-state index is 0.216. The second kappa shape index (κ2) is 4.83. The van der Waals surface area contributed by atoms with Crippen molar-refractivity contribution in [1.82, 2.24) is 9.97 Å². The Kier molecular flexibility index (Phi) is 3.03. The molecule has 0 spiro atoms. The summed E-state index contributed by atoms with van der Waals surface area (Å²) >= 11 is 0. The lowest BCUT2D eigenvalue weighted by atomic mass is 10.4. The van der Waals surface area contributed by atoms with Crippen molar-refractivity contribution in [2.75, 3.05) is 0 Å². The molecule has 6 nitrogen and oxygen atoms in total. The Morgan fingerprint density at radius 3 is 3.06 bits per heavy atom. The zero-order valence-electron chi connectivity index (χ0n) is 8.32. The van der Waals surface area contributed by atoms with Gasteiger partial charge in [-0.05, 0) is 6.07 Å². The van der Waals surface area contributed by atoms with Gasteiger partial charge in [0.25, 0.3) is 0 Å². The van der Waals surface area contributed by atoms with Gasteiger partial charge in [0.2, 0.25) is 0 Å². The molecule has 80 valence electrons. The van der Waals surface area contributed by atoms with Crippen LogP contribution in [-0.4, -0.2) is 22.0 Å². The minimum Gasteiger partial charge on any atom is -0.472 e. The third-order valence-electron chi connectivity index (χ3n) is 1.74. The average Bonchev–Trinajstić information content (AvgIpc) is 2.83. The molecule has 0 bridgehead atoms. The average molecular weight is 215 g/mol. The predicted octanol–water partition coefficient (Wildman–Crippen LogP) is 0.809. The molecular weight excluding hydrogens is 206 g/mol. The van der Waals surface area contributed by atoms with Gasteiger partial charge in [-0.2, -0.15) is 5.10 Å². The first-order valence-electron chi connectivity index (χ1n) is 4.51. The van der Waals surface area contributed by atoms with E-state index < -0.39 is 0 Å². The molecule has 0 radical (unpaired) electrons. The quantitative estimate of drug-likeness (QED) is 0.466. The molecule has 2 aromatic rings. The number of nitrogens with zero attached hydrogens (tertiary/aromatic N) is 4. The summed E-state index contributed by atoms with van der Waals surface area (Å²) < 4.78 is 4.86. The largest absolute Gasteiger partial charge is 0.472 e. The molecule has 0 aliphatic rings. The first kappa shape index (κ1) is 10.0. The predicted molar refractivity (Wildman–Crippen MR) is 59.1 cm³/mol. The van der Waals surface area contributed by atoms with Crippen LogP contribution in [0.5, 0.6) is 0 Å². The summed E-state index contributed by atoms with van der Waals surface area (Å²) in [6.07, 6.45) is 9.26. The maximum atomic E-state index is 5.64. The highest BCUT2D eigenvalue weighted by molar-refractivity contribution is 5.95. The lowest BCUT2D eigenvalue weighted by Crippen LogP contribution is -2.14. The van der Waals surface area contributed by atoms with E-state index in [1.165, 1.54) is 18.6 Å². The van der Waals surface area contributed by atoms with E-state index in [4.69, 9.17) is 10.2 Å². The molecule has 0 amide bonds. The van der Waals surface area contributed by atoms with Gasteiger partial charge < -0.3 is 10.2 Å². The van der Waals surface area contributed by atoms with Crippen molar-refractivity contribution in [3.63, 3.8) is 0 Å². The summed E-state index contributed by atoms with van der Waals surface area (Å²) in [6.45, 7) is 0. The molecule has 0 unspecified atom stereocenters. The molecule has 0 saturated heterocycles. The fraction of sp³-hybridized carbons (Fsp3) is 0. The molecule has 0 saturated carbocycles. The van der Waals surface area contributed by atoms with E-state index in [0.29, 0.717) is 5.69 Å². The van der Waals surface area contributed by atoms with Crippen LogP contribution in [0, 0.1) is 0 Å². The topological polar surface area (TPSA) is 89.7 Å². The molecule has 0 aliphatic heterocycles. The van der Waals surface area contributed by atoms with Crippen LogP contribution in [0.1, 0.15) is 11.3 Å². The van der Waals surface area contributed by atoms with Gasteiger partial charge in [0.15, 0.2) is 5.84 Å². The third-order valence-corrected chi connectivity index (χ3v) is 1.74. The molecule has 2 aromatic heterocycles. The molecule has 2 N–H and O–H groups in total. The van der Waals surface area contributed by atoms with E-state index in [-0.39, 0.29) is 5.84 Å². The van der Waals surface area contributed by atoms with Crippen LogP contribution in [0.25, 0.3) is 0 Å². The Bertz CT molecular complexity index is 489. The summed E-state index contributed by atoms with van der Waals surface area (Å²) in [6, 6.07) is 1.76. The van der Waals surface area contributed by atoms with Gasteiger partial charge in [0.1, 0.15) is 5.69 Å². The van der Waals surface area contributed by atoms with Crippen molar-refractivity contribution < 1.29 is 4.42 Å². The second-order valence-corrected chi connectivity index (χ2v) is 2.88. The van der Waals surface area contributed by atoms with E-state index in [0.717, 1.165) is 5.56 Å². The molecule has 6 heteroatoms. The van der Waals surface area contributed by atoms with Crippen molar-refractivity contribution in [3.05, 3.63) is 48.4 Å². The Morgan fingerprint density at radius 2 is 2.38 bits per heavy atom. The van der Waals surface area contributed by atoms with Gasteiger partial charge in [0.05, 0.1) is 24.9 Å². The van der Waals surface area contributed by atoms with E-state index in [2.05, 4.69) is 20.2 Å². The number of rotatable bonds is 3. The monoisotopic (exact) mass is 215 g/mol. The maximum absolute atomic E-state index is 5.64. The molecule has 2 heterocycles. The van der Waals surface area contributed by atoms with Crippen LogP contribution in [-0.2, 0) is 0 Å². The van der Waals surface area contributed by atoms with E-state index in [1.54, 1.807) is 24.8 Å². The number of nitrogens with two attached hydrogens (primary N) is 1. The van der Waals surface area contributed by atoms with Crippen LogP contribution >= 0.6 is 0 Å². The SMILES string of the molecule is NC(=NN=Cc1ccoc1)c1cnccn1. The van der Waals surface area contributed by atoms with E-state index >= 15 is 0 Å². The number of amidine groups is 1. The Hall–Kier alpha value is -2.50. The van der Waals surface area contributed by atoms with Crippen LogP contribution in [0.3, 0.4) is 0 Å². The number of aromatic nitrogens is 2.